The molecular formula is C58H42Ir2N4-4. The number of nitrogens with zero attached hydrogens (tertiary/aromatic N) is 4. The second-order valence-corrected chi connectivity index (χ2v) is 14.2. The number of benzene rings is 5. The van der Waals surface area contributed by atoms with Crippen LogP contribution in [-0.2, 0) is 46.6 Å². The first kappa shape index (κ1) is 46.7. The maximum atomic E-state index is 4.41. The molecule has 2 radical (unpaired) electrons. The summed E-state index contributed by atoms with van der Waals surface area (Å²) >= 11 is 0. The van der Waals surface area contributed by atoms with Crippen molar-refractivity contribution in [2.45, 2.75) is 12.8 Å². The van der Waals surface area contributed by atoms with Crippen molar-refractivity contribution in [1.82, 2.24) is 19.9 Å². The van der Waals surface area contributed by atoms with Gasteiger partial charge in [-0.1, -0.05) is 97.1 Å². The zero-order valence-corrected chi connectivity index (χ0v) is 39.6. The molecule has 0 fully saturated rings. The van der Waals surface area contributed by atoms with Gasteiger partial charge in [-0.05, 0) is 82.2 Å². The fourth-order valence-electron chi connectivity index (χ4n) is 7.00. The van der Waals surface area contributed by atoms with Crippen LogP contribution in [0.15, 0.2) is 231 Å². The molecule has 0 N–H and O–H groups in total. The van der Waals surface area contributed by atoms with E-state index in [1.54, 1.807) is 12.4 Å². The molecule has 0 saturated heterocycles. The van der Waals surface area contributed by atoms with E-state index in [1.807, 2.05) is 146 Å². The Balaban J connectivity index is 0.000000144. The summed E-state index contributed by atoms with van der Waals surface area (Å²) in [5.74, 6) is 0. The molecule has 9 aromatic rings. The van der Waals surface area contributed by atoms with Crippen LogP contribution in [0.3, 0.4) is 0 Å². The van der Waals surface area contributed by atoms with Gasteiger partial charge in [0.2, 0.25) is 0 Å². The van der Waals surface area contributed by atoms with E-state index in [4.69, 9.17) is 0 Å². The molecule has 0 atom stereocenters. The van der Waals surface area contributed by atoms with E-state index in [0.717, 1.165) is 57.9 Å². The van der Waals surface area contributed by atoms with Crippen LogP contribution < -0.4 is 0 Å². The predicted molar refractivity (Wildman–Crippen MR) is 253 cm³/mol. The number of pyridine rings is 4. The topological polar surface area (TPSA) is 51.6 Å². The Labute approximate surface area is 404 Å². The molecule has 5 aromatic carbocycles. The van der Waals surface area contributed by atoms with Crippen LogP contribution >= 0.6 is 0 Å². The summed E-state index contributed by atoms with van der Waals surface area (Å²) < 4.78 is 0. The van der Waals surface area contributed by atoms with Crippen LogP contribution in [0.5, 0.6) is 0 Å². The molecule has 4 aromatic heterocycles. The van der Waals surface area contributed by atoms with Crippen LogP contribution in [0.4, 0.5) is 0 Å². The average Bonchev–Trinajstić information content (AvgIpc) is 4.08. The standard InChI is InChI=1S/C20H14N.C16H12N.2C11H8N.2Ir/c1-2-9-18-15(6-1)11-12-19(18)16-7-5-8-17(14-16)20-10-3-4-13-21-20;1-2-7-13(6-1)14-8-5-9-15(12-14)16-10-3-4-11-17-16;2*1-2-6-10(7-3-1)11-8-4-5-9-12-11;;/h1-7,9-10,12-14H,11H2;1,3-8,10-12H,2H2;2*1-6,8-9H;;/q4*-1;;. The summed E-state index contributed by atoms with van der Waals surface area (Å²) in [7, 11) is 0. The van der Waals surface area contributed by atoms with E-state index in [-0.39, 0.29) is 40.2 Å². The third-order valence-electron chi connectivity index (χ3n) is 10.0. The summed E-state index contributed by atoms with van der Waals surface area (Å²) in [4.78, 5) is 17.2. The summed E-state index contributed by atoms with van der Waals surface area (Å²) in [6, 6.07) is 73.1. The second kappa shape index (κ2) is 24.8. The number of rotatable bonds is 6. The zero-order valence-electron chi connectivity index (χ0n) is 34.8. The first-order valence-electron chi connectivity index (χ1n) is 20.6. The van der Waals surface area contributed by atoms with Gasteiger partial charge >= 0.3 is 0 Å². The van der Waals surface area contributed by atoms with Gasteiger partial charge in [0, 0.05) is 65.0 Å². The van der Waals surface area contributed by atoms with Crippen LogP contribution in [0.1, 0.15) is 28.7 Å². The second-order valence-electron chi connectivity index (χ2n) is 14.2. The van der Waals surface area contributed by atoms with Gasteiger partial charge in [0.15, 0.2) is 0 Å². The van der Waals surface area contributed by atoms with Gasteiger partial charge in [-0.3, -0.25) is 0 Å². The Morgan fingerprint density at radius 1 is 0.391 bits per heavy atom. The Hall–Kier alpha value is -6.78. The Morgan fingerprint density at radius 3 is 1.31 bits per heavy atom. The maximum Gasteiger partial charge on any atom is 0.0160 e. The molecule has 0 aliphatic heterocycles. The molecule has 6 heteroatoms. The monoisotopic (exact) mass is 1180 g/mol. The normalized spacial score (nSPS) is 11.5. The number of aromatic nitrogens is 4. The van der Waals surface area contributed by atoms with Crippen molar-refractivity contribution in [3.63, 3.8) is 0 Å². The smallest absolute Gasteiger partial charge is 0.0160 e. The van der Waals surface area contributed by atoms with E-state index in [9.17, 15) is 0 Å². The van der Waals surface area contributed by atoms with Crippen molar-refractivity contribution in [2.75, 3.05) is 0 Å². The van der Waals surface area contributed by atoms with E-state index in [0.29, 0.717) is 0 Å². The molecule has 316 valence electrons. The quantitative estimate of drug-likeness (QED) is 0.156. The fraction of sp³-hybridized carbons (Fsp3) is 0.0345. The average molecular weight is 1180 g/mol. The largest absolute Gasteiger partial charge is 0.305 e. The van der Waals surface area contributed by atoms with Crippen molar-refractivity contribution in [1.29, 1.82) is 0 Å². The van der Waals surface area contributed by atoms with Crippen molar-refractivity contribution in [3.05, 3.63) is 278 Å². The third-order valence-corrected chi connectivity index (χ3v) is 10.0. The van der Waals surface area contributed by atoms with Gasteiger partial charge in [0.05, 0.1) is 0 Å². The van der Waals surface area contributed by atoms with Gasteiger partial charge in [-0.2, -0.15) is 0 Å². The van der Waals surface area contributed by atoms with Crippen molar-refractivity contribution in [3.8, 4) is 45.0 Å². The predicted octanol–water partition coefficient (Wildman–Crippen LogP) is 13.5. The third kappa shape index (κ3) is 12.9. The molecular weight excluding hydrogens is 1140 g/mol. The molecule has 4 heterocycles. The molecule has 11 rings (SSSR count). The molecule has 64 heavy (non-hydrogen) atoms. The molecule has 0 unspecified atom stereocenters. The van der Waals surface area contributed by atoms with E-state index < -0.39 is 0 Å². The maximum absolute atomic E-state index is 4.41. The minimum atomic E-state index is 0. The summed E-state index contributed by atoms with van der Waals surface area (Å²) in [6.45, 7) is 0. The molecule has 0 saturated carbocycles. The van der Waals surface area contributed by atoms with E-state index >= 15 is 0 Å². The first-order chi connectivity index (χ1) is 30.8. The number of hydrogen-bond acceptors (Lipinski definition) is 4. The summed E-state index contributed by atoms with van der Waals surface area (Å²) in [5, 5.41) is 0. The van der Waals surface area contributed by atoms with Gasteiger partial charge in [-0.25, -0.2) is 0 Å². The summed E-state index contributed by atoms with van der Waals surface area (Å²) in [5.41, 5.74) is 15.9. The molecule has 0 bridgehead atoms. The Morgan fingerprint density at radius 2 is 0.844 bits per heavy atom. The SMILES string of the molecule is [Ir].[Ir].[c-]1ccc(C2=CCC=C2)cc1-c1ccccn1.[c-]1ccc(C2=CCc3ccccc32)cc1-c1ccccn1.[c-]1ccccc1-c1ccccn1.[c-]1ccccc1-c1ccccn1. The van der Waals surface area contributed by atoms with Gasteiger partial charge < -0.3 is 19.9 Å². The van der Waals surface area contributed by atoms with Crippen molar-refractivity contribution >= 4 is 11.1 Å². The van der Waals surface area contributed by atoms with Crippen molar-refractivity contribution in [2.24, 2.45) is 0 Å². The van der Waals surface area contributed by atoms with Gasteiger partial charge in [0.1, 0.15) is 0 Å². The zero-order chi connectivity index (χ0) is 42.0. The Bertz CT molecular complexity index is 2720. The summed E-state index contributed by atoms with van der Waals surface area (Å²) in [6.07, 6.45) is 18.1. The molecule has 0 amide bonds. The molecule has 4 nitrogen and oxygen atoms in total. The van der Waals surface area contributed by atoms with Gasteiger partial charge in [-0.15, -0.1) is 143 Å². The van der Waals surface area contributed by atoms with E-state index in [1.165, 1.54) is 33.4 Å². The van der Waals surface area contributed by atoms with Crippen molar-refractivity contribution < 1.29 is 40.2 Å². The molecule has 2 aliphatic rings. The fourth-order valence-corrected chi connectivity index (χ4v) is 7.00. The van der Waals surface area contributed by atoms with Gasteiger partial charge in [0.25, 0.3) is 0 Å². The van der Waals surface area contributed by atoms with E-state index in [2.05, 4.69) is 117 Å². The number of fused-ring (bicyclic) bond motifs is 1. The first-order valence-corrected chi connectivity index (χ1v) is 20.6. The minimum Gasteiger partial charge on any atom is -0.305 e. The number of hydrogen-bond donors (Lipinski definition) is 0. The minimum absolute atomic E-state index is 0. The van der Waals surface area contributed by atoms with Crippen LogP contribution in [0.2, 0.25) is 0 Å². The van der Waals surface area contributed by atoms with Crippen LogP contribution in [-0.4, -0.2) is 19.9 Å². The molecule has 0 spiro atoms. The molecule has 2 aliphatic carbocycles. The Kier molecular flexibility index (Phi) is 18.1. The van der Waals surface area contributed by atoms with Crippen LogP contribution in [0, 0.1) is 24.3 Å². The van der Waals surface area contributed by atoms with Crippen LogP contribution in [0.25, 0.3) is 56.2 Å². The number of allylic oxidation sites excluding steroid dienone is 5.